The third-order valence-electron chi connectivity index (χ3n) is 3.30. The Morgan fingerprint density at radius 1 is 1.38 bits per heavy atom. The molecule has 88 valence electrons. The molecule has 1 aromatic rings. The Kier molecular flexibility index (Phi) is 3.96. The Morgan fingerprint density at radius 3 is 2.62 bits per heavy atom. The number of alkyl halides is 1. The van der Waals surface area contributed by atoms with Crippen molar-refractivity contribution in [1.82, 2.24) is 4.98 Å². The molecule has 0 bridgehead atoms. The van der Waals surface area contributed by atoms with E-state index in [9.17, 15) is 0 Å². The molecule has 0 aliphatic heterocycles. The molecule has 1 aliphatic rings. The van der Waals surface area contributed by atoms with Gasteiger partial charge in [-0.2, -0.15) is 0 Å². The molecule has 0 N–H and O–H groups in total. The summed E-state index contributed by atoms with van der Waals surface area (Å²) in [6.45, 7) is 4.21. The third-order valence-corrected chi connectivity index (χ3v) is 5.75. The zero-order valence-electron chi connectivity index (χ0n) is 9.92. The van der Waals surface area contributed by atoms with E-state index < -0.39 is 0 Å². The molecule has 0 spiro atoms. The molecule has 1 heterocycles. The Labute approximate surface area is 111 Å². The van der Waals surface area contributed by atoms with Gasteiger partial charge in [0.25, 0.3) is 0 Å². The van der Waals surface area contributed by atoms with E-state index in [2.05, 4.69) is 46.9 Å². The molecular weight excluding hydrogens is 282 g/mol. The van der Waals surface area contributed by atoms with Gasteiger partial charge in [-0.25, -0.2) is 4.98 Å². The third kappa shape index (κ3) is 2.80. The van der Waals surface area contributed by atoms with Crippen molar-refractivity contribution < 1.29 is 0 Å². The molecule has 1 nitrogen and oxygen atoms in total. The summed E-state index contributed by atoms with van der Waals surface area (Å²) in [5.74, 6) is 1.20. The topological polar surface area (TPSA) is 12.9 Å². The summed E-state index contributed by atoms with van der Waals surface area (Å²) >= 11 is 5.57. The lowest BCUT2D eigenvalue weighted by Crippen LogP contribution is -2.33. The van der Waals surface area contributed by atoms with Gasteiger partial charge >= 0.3 is 0 Å². The molecule has 0 atom stereocenters. The highest BCUT2D eigenvalue weighted by Gasteiger charge is 2.35. The van der Waals surface area contributed by atoms with Crippen LogP contribution in [0.1, 0.15) is 30.5 Å². The van der Waals surface area contributed by atoms with Gasteiger partial charge in [0, 0.05) is 16.8 Å². The zero-order chi connectivity index (χ0) is 11.6. The standard InChI is InChI=1S/C13H18BrNS/c1-10-6-11(2)15-12(7-10)16-9-13(8-14)4-3-5-13/h6-7H,3-5,8-9H2,1-2H3. The van der Waals surface area contributed by atoms with Gasteiger partial charge in [-0.1, -0.05) is 22.4 Å². The van der Waals surface area contributed by atoms with Crippen molar-refractivity contribution in [2.45, 2.75) is 38.1 Å². The first-order chi connectivity index (χ1) is 7.63. The molecule has 1 fully saturated rings. The summed E-state index contributed by atoms with van der Waals surface area (Å²) in [5.41, 5.74) is 2.99. The maximum atomic E-state index is 4.58. The largest absolute Gasteiger partial charge is 0.247 e. The normalized spacial score (nSPS) is 18.2. The number of halogens is 1. The van der Waals surface area contributed by atoms with Gasteiger partial charge in [0.2, 0.25) is 0 Å². The average molecular weight is 300 g/mol. The SMILES string of the molecule is Cc1cc(C)nc(SCC2(CBr)CCC2)c1. The number of nitrogens with zero attached hydrogens (tertiary/aromatic N) is 1. The summed E-state index contributed by atoms with van der Waals surface area (Å²) in [4.78, 5) is 4.58. The molecule has 0 amide bonds. The second-order valence-corrected chi connectivity index (χ2v) is 6.46. The minimum absolute atomic E-state index is 0.546. The summed E-state index contributed by atoms with van der Waals surface area (Å²) in [7, 11) is 0. The first-order valence-electron chi connectivity index (χ1n) is 5.78. The number of aromatic nitrogens is 1. The smallest absolute Gasteiger partial charge is 0.0965 e. The van der Waals surface area contributed by atoms with Gasteiger partial charge in [-0.15, -0.1) is 11.8 Å². The van der Waals surface area contributed by atoms with Crippen LogP contribution in [0.25, 0.3) is 0 Å². The number of hydrogen-bond acceptors (Lipinski definition) is 2. The van der Waals surface area contributed by atoms with Crippen LogP contribution in [-0.4, -0.2) is 16.1 Å². The number of hydrogen-bond donors (Lipinski definition) is 0. The van der Waals surface area contributed by atoms with Gasteiger partial charge in [0.15, 0.2) is 0 Å². The Balaban J connectivity index is 1.98. The van der Waals surface area contributed by atoms with Crippen LogP contribution >= 0.6 is 27.7 Å². The van der Waals surface area contributed by atoms with E-state index in [1.54, 1.807) is 0 Å². The van der Waals surface area contributed by atoms with Crippen LogP contribution in [-0.2, 0) is 0 Å². The molecule has 1 saturated carbocycles. The maximum absolute atomic E-state index is 4.58. The molecule has 3 heteroatoms. The van der Waals surface area contributed by atoms with Crippen molar-refractivity contribution in [3.63, 3.8) is 0 Å². The highest BCUT2D eigenvalue weighted by molar-refractivity contribution is 9.09. The van der Waals surface area contributed by atoms with Gasteiger partial charge < -0.3 is 0 Å². The second-order valence-electron chi connectivity index (χ2n) is 4.90. The van der Waals surface area contributed by atoms with Crippen LogP contribution in [0.5, 0.6) is 0 Å². The monoisotopic (exact) mass is 299 g/mol. The lowest BCUT2D eigenvalue weighted by molar-refractivity contribution is 0.206. The average Bonchev–Trinajstić information content (AvgIpc) is 2.15. The molecule has 0 unspecified atom stereocenters. The molecule has 0 aromatic carbocycles. The van der Waals surface area contributed by atoms with Crippen LogP contribution in [0.3, 0.4) is 0 Å². The summed E-state index contributed by atoms with van der Waals surface area (Å²) in [6.07, 6.45) is 4.14. The van der Waals surface area contributed by atoms with Crippen LogP contribution in [0.4, 0.5) is 0 Å². The Bertz CT molecular complexity index is 348. The molecule has 1 aliphatic carbocycles. The van der Waals surface area contributed by atoms with Crippen molar-refractivity contribution in [3.05, 3.63) is 23.4 Å². The molecule has 1 aromatic heterocycles. The second kappa shape index (κ2) is 5.09. The Hall–Kier alpha value is -0.0200. The van der Waals surface area contributed by atoms with E-state index in [0.717, 1.165) is 11.0 Å². The minimum Gasteiger partial charge on any atom is -0.247 e. The van der Waals surface area contributed by atoms with Crippen molar-refractivity contribution in [1.29, 1.82) is 0 Å². The fraction of sp³-hybridized carbons (Fsp3) is 0.615. The lowest BCUT2D eigenvalue weighted by Gasteiger charge is -2.40. The fourth-order valence-corrected chi connectivity index (χ4v) is 4.44. The van der Waals surface area contributed by atoms with Gasteiger partial charge in [-0.05, 0) is 49.8 Å². The van der Waals surface area contributed by atoms with Crippen molar-refractivity contribution >= 4 is 27.7 Å². The quantitative estimate of drug-likeness (QED) is 0.605. The highest BCUT2D eigenvalue weighted by atomic mass is 79.9. The van der Waals surface area contributed by atoms with E-state index in [1.807, 2.05) is 11.8 Å². The predicted octanol–water partition coefficient (Wildman–Crippen LogP) is 4.36. The molecular formula is C13H18BrNS. The van der Waals surface area contributed by atoms with E-state index in [1.165, 1.54) is 35.6 Å². The van der Waals surface area contributed by atoms with E-state index >= 15 is 0 Å². The van der Waals surface area contributed by atoms with Crippen LogP contribution < -0.4 is 0 Å². The van der Waals surface area contributed by atoms with Gasteiger partial charge in [0.05, 0.1) is 5.03 Å². The summed E-state index contributed by atoms with van der Waals surface area (Å²) in [5, 5.41) is 2.32. The highest BCUT2D eigenvalue weighted by Crippen LogP contribution is 2.45. The number of pyridine rings is 1. The van der Waals surface area contributed by atoms with Crippen molar-refractivity contribution in [2.24, 2.45) is 5.41 Å². The fourth-order valence-electron chi connectivity index (χ4n) is 2.10. The van der Waals surface area contributed by atoms with Crippen LogP contribution in [0.15, 0.2) is 17.2 Å². The Morgan fingerprint density at radius 2 is 2.12 bits per heavy atom. The van der Waals surface area contributed by atoms with E-state index in [0.29, 0.717) is 5.41 Å². The van der Waals surface area contributed by atoms with Crippen molar-refractivity contribution in [2.75, 3.05) is 11.1 Å². The summed E-state index contributed by atoms with van der Waals surface area (Å²) < 4.78 is 0. The number of rotatable bonds is 4. The first kappa shape index (κ1) is 12.4. The van der Waals surface area contributed by atoms with E-state index in [4.69, 9.17) is 0 Å². The molecule has 16 heavy (non-hydrogen) atoms. The summed E-state index contributed by atoms with van der Waals surface area (Å²) in [6, 6.07) is 4.33. The number of thioether (sulfide) groups is 1. The molecule has 2 rings (SSSR count). The molecule has 0 saturated heterocycles. The first-order valence-corrected chi connectivity index (χ1v) is 7.88. The predicted molar refractivity (Wildman–Crippen MR) is 74.5 cm³/mol. The minimum atomic E-state index is 0.546. The molecule has 0 radical (unpaired) electrons. The van der Waals surface area contributed by atoms with E-state index in [-0.39, 0.29) is 0 Å². The maximum Gasteiger partial charge on any atom is 0.0965 e. The van der Waals surface area contributed by atoms with Crippen LogP contribution in [0, 0.1) is 19.3 Å². The zero-order valence-corrected chi connectivity index (χ0v) is 12.3. The van der Waals surface area contributed by atoms with Gasteiger partial charge in [0.1, 0.15) is 0 Å². The lowest BCUT2D eigenvalue weighted by atomic mass is 9.72. The van der Waals surface area contributed by atoms with Gasteiger partial charge in [-0.3, -0.25) is 0 Å². The van der Waals surface area contributed by atoms with Crippen molar-refractivity contribution in [3.8, 4) is 0 Å². The number of aryl methyl sites for hydroxylation is 2. The van der Waals surface area contributed by atoms with Crippen LogP contribution in [0.2, 0.25) is 0 Å².